The number of hydrogen-bond donors (Lipinski definition) is 0. The molecule has 23 heavy (non-hydrogen) atoms. The van der Waals surface area contributed by atoms with E-state index in [0.29, 0.717) is 15.8 Å². The molecule has 116 valence electrons. The van der Waals surface area contributed by atoms with E-state index < -0.39 is 0 Å². The average molecular weight is 342 g/mol. The van der Waals surface area contributed by atoms with Crippen molar-refractivity contribution in [1.29, 1.82) is 0 Å². The zero-order valence-electron chi connectivity index (χ0n) is 12.4. The van der Waals surface area contributed by atoms with Crippen molar-refractivity contribution < 1.29 is 9.53 Å². The van der Waals surface area contributed by atoms with Gasteiger partial charge < -0.3 is 4.74 Å². The molecule has 6 heteroatoms. The molecule has 0 bridgehead atoms. The Labute approximate surface area is 144 Å². The Hall–Kier alpha value is -2.18. The highest BCUT2D eigenvalue weighted by Gasteiger charge is 2.33. The number of hydrogen-bond acceptors (Lipinski definition) is 5. The number of thioether (sulfide) groups is 1. The highest BCUT2D eigenvalue weighted by molar-refractivity contribution is 8.27. The van der Waals surface area contributed by atoms with Crippen molar-refractivity contribution >= 4 is 46.0 Å². The molecule has 1 aromatic carbocycles. The lowest BCUT2D eigenvalue weighted by atomic mass is 10.2. The van der Waals surface area contributed by atoms with Crippen LogP contribution < -0.4 is 9.64 Å². The van der Waals surface area contributed by atoms with Gasteiger partial charge in [-0.25, -0.2) is 0 Å². The van der Waals surface area contributed by atoms with Crippen LogP contribution in [0.5, 0.6) is 5.75 Å². The van der Waals surface area contributed by atoms with Gasteiger partial charge in [0.25, 0.3) is 5.91 Å². The summed E-state index contributed by atoms with van der Waals surface area (Å²) in [6, 6.07) is 12.9. The fourth-order valence-electron chi connectivity index (χ4n) is 2.14. The van der Waals surface area contributed by atoms with Crippen LogP contribution in [-0.2, 0) is 4.79 Å². The number of ether oxygens (including phenoxy) is 1. The SMILES string of the molecule is CCOc1ccc(N2C(=O)/C(=C\c3ccccn3)SC2=S)cc1. The van der Waals surface area contributed by atoms with Crippen LogP contribution in [0.4, 0.5) is 5.69 Å². The third-order valence-corrected chi connectivity index (χ3v) is 4.47. The van der Waals surface area contributed by atoms with Gasteiger partial charge in [-0.1, -0.05) is 30.0 Å². The summed E-state index contributed by atoms with van der Waals surface area (Å²) in [5.41, 5.74) is 1.47. The van der Waals surface area contributed by atoms with Crippen molar-refractivity contribution in [3.8, 4) is 5.75 Å². The molecule has 1 aliphatic heterocycles. The van der Waals surface area contributed by atoms with Gasteiger partial charge in [0.2, 0.25) is 0 Å². The number of anilines is 1. The van der Waals surface area contributed by atoms with Gasteiger partial charge in [-0.3, -0.25) is 14.7 Å². The quantitative estimate of drug-likeness (QED) is 0.623. The van der Waals surface area contributed by atoms with Crippen molar-refractivity contribution in [2.24, 2.45) is 0 Å². The average Bonchev–Trinajstić information content (AvgIpc) is 2.84. The largest absolute Gasteiger partial charge is 0.494 e. The monoisotopic (exact) mass is 342 g/mol. The van der Waals surface area contributed by atoms with Gasteiger partial charge in [0.1, 0.15) is 5.75 Å². The summed E-state index contributed by atoms with van der Waals surface area (Å²) in [5.74, 6) is 0.639. The molecular weight excluding hydrogens is 328 g/mol. The minimum Gasteiger partial charge on any atom is -0.494 e. The summed E-state index contributed by atoms with van der Waals surface area (Å²) >= 11 is 6.64. The molecule has 0 unspecified atom stereocenters. The van der Waals surface area contributed by atoms with Crippen molar-refractivity contribution in [1.82, 2.24) is 4.98 Å². The van der Waals surface area contributed by atoms with Crippen molar-refractivity contribution in [2.45, 2.75) is 6.92 Å². The summed E-state index contributed by atoms with van der Waals surface area (Å²) < 4.78 is 5.93. The van der Waals surface area contributed by atoms with Crippen LogP contribution in [0, 0.1) is 0 Å². The first-order valence-corrected chi connectivity index (χ1v) is 8.33. The summed E-state index contributed by atoms with van der Waals surface area (Å²) in [4.78, 5) is 18.9. The molecule has 0 aliphatic carbocycles. The molecule has 1 fully saturated rings. The summed E-state index contributed by atoms with van der Waals surface area (Å²) in [5, 5.41) is 0. The first kappa shape index (κ1) is 15.7. The van der Waals surface area contributed by atoms with Gasteiger partial charge in [-0.05, 0) is 49.4 Å². The van der Waals surface area contributed by atoms with E-state index in [1.165, 1.54) is 16.7 Å². The van der Waals surface area contributed by atoms with Crippen molar-refractivity contribution in [3.63, 3.8) is 0 Å². The standard InChI is InChI=1S/C17H14N2O2S2/c1-2-21-14-8-6-13(7-9-14)19-16(20)15(23-17(19)22)11-12-5-3-4-10-18-12/h3-11H,2H2,1H3/b15-11+. The fourth-order valence-corrected chi connectivity index (χ4v) is 3.43. The van der Waals surface area contributed by atoms with Gasteiger partial charge >= 0.3 is 0 Å². The second-order valence-electron chi connectivity index (χ2n) is 4.70. The molecule has 2 heterocycles. The fraction of sp³-hybridized carbons (Fsp3) is 0.118. The van der Waals surface area contributed by atoms with Gasteiger partial charge in [-0.15, -0.1) is 0 Å². The lowest BCUT2D eigenvalue weighted by Gasteiger charge is -2.15. The van der Waals surface area contributed by atoms with E-state index in [4.69, 9.17) is 17.0 Å². The van der Waals surface area contributed by atoms with Crippen LogP contribution >= 0.6 is 24.0 Å². The van der Waals surface area contributed by atoms with Gasteiger partial charge in [0.05, 0.1) is 22.9 Å². The molecule has 0 radical (unpaired) electrons. The van der Waals surface area contributed by atoms with Gasteiger partial charge in [0, 0.05) is 6.20 Å². The Balaban J connectivity index is 1.85. The number of benzene rings is 1. The molecule has 1 aliphatic rings. The molecule has 0 N–H and O–H groups in total. The Kier molecular flexibility index (Phi) is 4.73. The third kappa shape index (κ3) is 3.43. The number of nitrogens with zero attached hydrogens (tertiary/aromatic N) is 2. The molecule has 1 aromatic heterocycles. The maximum atomic E-state index is 12.6. The second kappa shape index (κ2) is 6.93. The minimum absolute atomic E-state index is 0.130. The highest BCUT2D eigenvalue weighted by atomic mass is 32.2. The second-order valence-corrected chi connectivity index (χ2v) is 6.37. The Bertz CT molecular complexity index is 758. The normalized spacial score (nSPS) is 16.2. The molecule has 0 spiro atoms. The van der Waals surface area contributed by atoms with E-state index in [2.05, 4.69) is 4.98 Å². The number of carbonyl (C=O) groups excluding carboxylic acids is 1. The first-order chi connectivity index (χ1) is 11.2. The van der Waals surface area contributed by atoms with E-state index >= 15 is 0 Å². The van der Waals surface area contributed by atoms with Crippen molar-refractivity contribution in [3.05, 3.63) is 59.3 Å². The summed E-state index contributed by atoms with van der Waals surface area (Å²) in [6.45, 7) is 2.53. The molecule has 2 aromatic rings. The molecule has 4 nitrogen and oxygen atoms in total. The highest BCUT2D eigenvalue weighted by Crippen LogP contribution is 2.36. The molecule has 1 amide bonds. The van der Waals surface area contributed by atoms with Crippen molar-refractivity contribution in [2.75, 3.05) is 11.5 Å². The third-order valence-electron chi connectivity index (χ3n) is 3.17. The number of rotatable bonds is 4. The van der Waals surface area contributed by atoms with E-state index in [9.17, 15) is 4.79 Å². The van der Waals surface area contributed by atoms with Crippen LogP contribution in [0.3, 0.4) is 0 Å². The Morgan fingerprint density at radius 2 is 2.04 bits per heavy atom. The van der Waals surface area contributed by atoms with E-state index in [0.717, 1.165) is 17.1 Å². The van der Waals surface area contributed by atoms with E-state index in [1.807, 2.05) is 49.4 Å². The van der Waals surface area contributed by atoms with Crippen LogP contribution in [-0.4, -0.2) is 21.8 Å². The molecule has 0 saturated carbocycles. The van der Waals surface area contributed by atoms with Crippen LogP contribution in [0.1, 0.15) is 12.6 Å². The van der Waals surface area contributed by atoms with Crippen LogP contribution in [0.25, 0.3) is 6.08 Å². The Morgan fingerprint density at radius 1 is 1.26 bits per heavy atom. The predicted octanol–water partition coefficient (Wildman–Crippen LogP) is 3.89. The summed E-state index contributed by atoms with van der Waals surface area (Å²) in [7, 11) is 0. The lowest BCUT2D eigenvalue weighted by Crippen LogP contribution is -2.27. The molecular formula is C17H14N2O2S2. The lowest BCUT2D eigenvalue weighted by molar-refractivity contribution is -0.113. The first-order valence-electron chi connectivity index (χ1n) is 7.11. The minimum atomic E-state index is -0.130. The van der Waals surface area contributed by atoms with Gasteiger partial charge in [-0.2, -0.15) is 0 Å². The van der Waals surface area contributed by atoms with Crippen LogP contribution in [0.2, 0.25) is 0 Å². The number of carbonyl (C=O) groups is 1. The zero-order valence-corrected chi connectivity index (χ0v) is 14.1. The van der Waals surface area contributed by atoms with Crippen LogP contribution in [0.15, 0.2) is 53.6 Å². The number of aromatic nitrogens is 1. The smallest absolute Gasteiger partial charge is 0.270 e. The van der Waals surface area contributed by atoms with E-state index in [1.54, 1.807) is 12.3 Å². The topological polar surface area (TPSA) is 42.4 Å². The predicted molar refractivity (Wildman–Crippen MR) is 97.5 cm³/mol. The number of pyridine rings is 1. The molecule has 0 atom stereocenters. The molecule has 1 saturated heterocycles. The molecule has 3 rings (SSSR count). The van der Waals surface area contributed by atoms with Gasteiger partial charge in [0.15, 0.2) is 4.32 Å². The number of amides is 1. The zero-order chi connectivity index (χ0) is 16.2. The Morgan fingerprint density at radius 3 is 2.70 bits per heavy atom. The summed E-state index contributed by atoms with van der Waals surface area (Å²) in [6.07, 6.45) is 3.45. The maximum absolute atomic E-state index is 12.6. The number of thiocarbonyl (C=S) groups is 1. The van der Waals surface area contributed by atoms with E-state index in [-0.39, 0.29) is 5.91 Å². The maximum Gasteiger partial charge on any atom is 0.270 e.